The van der Waals surface area contributed by atoms with Crippen LogP contribution in [-0.2, 0) is 0 Å². The van der Waals surface area contributed by atoms with E-state index in [0.29, 0.717) is 13.1 Å². The van der Waals surface area contributed by atoms with Gasteiger partial charge in [0.2, 0.25) is 5.95 Å². The van der Waals surface area contributed by atoms with E-state index in [1.165, 1.54) is 0 Å². The highest BCUT2D eigenvalue weighted by atomic mass is 79.9. The monoisotopic (exact) mass is 375 g/mol. The van der Waals surface area contributed by atoms with Gasteiger partial charge in [-0.2, -0.15) is 0 Å². The molecule has 0 radical (unpaired) electrons. The summed E-state index contributed by atoms with van der Waals surface area (Å²) in [5, 5.41) is 2.95. The highest BCUT2D eigenvalue weighted by molar-refractivity contribution is 9.10. The van der Waals surface area contributed by atoms with Crippen molar-refractivity contribution in [1.82, 2.24) is 14.9 Å². The second-order valence-electron chi connectivity index (χ2n) is 5.42. The van der Waals surface area contributed by atoms with Crippen molar-refractivity contribution in [3.05, 3.63) is 46.7 Å². The molecule has 2 heterocycles. The molecule has 1 saturated heterocycles. The first-order valence-electron chi connectivity index (χ1n) is 7.47. The molecule has 23 heavy (non-hydrogen) atoms. The molecule has 0 spiro atoms. The van der Waals surface area contributed by atoms with Crippen molar-refractivity contribution in [2.24, 2.45) is 0 Å². The van der Waals surface area contributed by atoms with Crippen LogP contribution < -0.4 is 10.2 Å². The Labute approximate surface area is 143 Å². The highest BCUT2D eigenvalue weighted by Gasteiger charge is 2.22. The second-order valence-corrected chi connectivity index (χ2v) is 6.27. The van der Waals surface area contributed by atoms with Crippen molar-refractivity contribution in [2.45, 2.75) is 6.92 Å². The van der Waals surface area contributed by atoms with Gasteiger partial charge in [-0.15, -0.1) is 0 Å². The van der Waals surface area contributed by atoms with E-state index in [2.05, 4.69) is 36.1 Å². The molecule has 2 aromatic rings. The maximum atomic E-state index is 12.4. The number of anilines is 2. The molecule has 7 heteroatoms. The van der Waals surface area contributed by atoms with Gasteiger partial charge in [0, 0.05) is 48.7 Å². The lowest BCUT2D eigenvalue weighted by atomic mass is 10.2. The Morgan fingerprint density at radius 1 is 1.17 bits per heavy atom. The number of aromatic nitrogens is 2. The van der Waals surface area contributed by atoms with Crippen LogP contribution in [0.4, 0.5) is 16.4 Å². The number of benzene rings is 1. The number of halogens is 1. The van der Waals surface area contributed by atoms with Crippen LogP contribution >= 0.6 is 15.9 Å². The van der Waals surface area contributed by atoms with Gasteiger partial charge in [-0.1, -0.05) is 15.9 Å². The standard InChI is InChI=1S/C16H18BrN5O/c1-12-11-13(3-4-14(12)17)20-16(23)22-9-7-21(8-10-22)15-18-5-2-6-19-15/h2-6,11H,7-10H2,1H3,(H,20,23). The Hall–Kier alpha value is -2.15. The van der Waals surface area contributed by atoms with Crippen molar-refractivity contribution in [3.8, 4) is 0 Å². The smallest absolute Gasteiger partial charge is 0.321 e. The maximum Gasteiger partial charge on any atom is 0.321 e. The van der Waals surface area contributed by atoms with E-state index in [9.17, 15) is 4.79 Å². The fraction of sp³-hybridized carbons (Fsp3) is 0.312. The summed E-state index contributed by atoms with van der Waals surface area (Å²) in [5.74, 6) is 0.719. The third-order valence-corrected chi connectivity index (χ3v) is 4.70. The molecule has 120 valence electrons. The van der Waals surface area contributed by atoms with E-state index >= 15 is 0 Å². The second kappa shape index (κ2) is 6.95. The first kappa shape index (κ1) is 15.7. The van der Waals surface area contributed by atoms with Gasteiger partial charge in [0.1, 0.15) is 0 Å². The lowest BCUT2D eigenvalue weighted by Gasteiger charge is -2.34. The minimum absolute atomic E-state index is 0.0691. The van der Waals surface area contributed by atoms with E-state index in [1.807, 2.05) is 30.0 Å². The lowest BCUT2D eigenvalue weighted by Crippen LogP contribution is -2.50. The Morgan fingerprint density at radius 2 is 1.87 bits per heavy atom. The predicted octanol–water partition coefficient (Wildman–Crippen LogP) is 2.90. The lowest BCUT2D eigenvalue weighted by molar-refractivity contribution is 0.208. The van der Waals surface area contributed by atoms with Crippen LogP contribution in [0.1, 0.15) is 5.56 Å². The Balaban J connectivity index is 1.57. The van der Waals surface area contributed by atoms with E-state index < -0.39 is 0 Å². The van der Waals surface area contributed by atoms with Crippen LogP contribution in [0, 0.1) is 6.92 Å². The van der Waals surface area contributed by atoms with Gasteiger partial charge in [-0.05, 0) is 36.8 Å². The molecule has 1 fully saturated rings. The van der Waals surface area contributed by atoms with E-state index in [-0.39, 0.29) is 6.03 Å². The molecule has 1 aromatic heterocycles. The number of carbonyl (C=O) groups is 1. The first-order chi connectivity index (χ1) is 11.1. The molecule has 0 bridgehead atoms. The van der Waals surface area contributed by atoms with Crippen LogP contribution in [0.15, 0.2) is 41.1 Å². The number of nitrogens with one attached hydrogen (secondary N) is 1. The van der Waals surface area contributed by atoms with Gasteiger partial charge in [-0.3, -0.25) is 0 Å². The zero-order valence-corrected chi connectivity index (χ0v) is 14.5. The number of hydrogen-bond acceptors (Lipinski definition) is 4. The summed E-state index contributed by atoms with van der Waals surface area (Å²) >= 11 is 3.46. The van der Waals surface area contributed by atoms with Gasteiger partial charge in [0.25, 0.3) is 0 Å². The molecule has 1 aromatic carbocycles. The first-order valence-corrected chi connectivity index (χ1v) is 8.27. The number of piperazine rings is 1. The summed E-state index contributed by atoms with van der Waals surface area (Å²) in [4.78, 5) is 24.8. The summed E-state index contributed by atoms with van der Waals surface area (Å²) in [7, 11) is 0. The van der Waals surface area contributed by atoms with E-state index in [4.69, 9.17) is 0 Å². The van der Waals surface area contributed by atoms with Gasteiger partial charge in [0.15, 0.2) is 0 Å². The van der Waals surface area contributed by atoms with E-state index in [1.54, 1.807) is 18.5 Å². The van der Waals surface area contributed by atoms with Gasteiger partial charge in [-0.25, -0.2) is 14.8 Å². The molecule has 0 saturated carbocycles. The van der Waals surface area contributed by atoms with Crippen LogP contribution in [-0.4, -0.2) is 47.1 Å². The average molecular weight is 376 g/mol. The summed E-state index contributed by atoms with van der Waals surface area (Å²) in [6.07, 6.45) is 3.47. The number of amides is 2. The number of aryl methyl sites for hydroxylation is 1. The minimum atomic E-state index is -0.0691. The van der Waals surface area contributed by atoms with Crippen molar-refractivity contribution in [1.29, 1.82) is 0 Å². The molecule has 1 aliphatic heterocycles. The largest absolute Gasteiger partial charge is 0.337 e. The van der Waals surface area contributed by atoms with Gasteiger partial charge in [0.05, 0.1) is 0 Å². The van der Waals surface area contributed by atoms with Gasteiger partial charge < -0.3 is 15.1 Å². The number of carbonyl (C=O) groups excluding carboxylic acids is 1. The Bertz CT molecular complexity index is 686. The zero-order chi connectivity index (χ0) is 16.2. The fourth-order valence-electron chi connectivity index (χ4n) is 2.49. The van der Waals surface area contributed by atoms with Crippen LogP contribution in [0.5, 0.6) is 0 Å². The molecule has 0 unspecified atom stereocenters. The number of nitrogens with zero attached hydrogens (tertiary/aromatic N) is 4. The predicted molar refractivity (Wildman–Crippen MR) is 93.7 cm³/mol. The number of rotatable bonds is 2. The third-order valence-electron chi connectivity index (χ3n) is 3.81. The number of urea groups is 1. The van der Waals surface area contributed by atoms with Crippen molar-refractivity contribution >= 4 is 33.6 Å². The highest BCUT2D eigenvalue weighted by Crippen LogP contribution is 2.20. The molecule has 1 aliphatic rings. The van der Waals surface area contributed by atoms with Crippen molar-refractivity contribution in [3.63, 3.8) is 0 Å². The molecule has 6 nitrogen and oxygen atoms in total. The molecule has 1 N–H and O–H groups in total. The summed E-state index contributed by atoms with van der Waals surface area (Å²) in [5.41, 5.74) is 1.90. The molecule has 3 rings (SSSR count). The summed E-state index contributed by atoms with van der Waals surface area (Å²) < 4.78 is 1.03. The topological polar surface area (TPSA) is 61.4 Å². The fourth-order valence-corrected chi connectivity index (χ4v) is 2.74. The Morgan fingerprint density at radius 3 is 2.52 bits per heavy atom. The molecule has 2 amide bonds. The van der Waals surface area contributed by atoms with Crippen molar-refractivity contribution in [2.75, 3.05) is 36.4 Å². The molecular formula is C16H18BrN5O. The SMILES string of the molecule is Cc1cc(NC(=O)N2CCN(c3ncccn3)CC2)ccc1Br. The summed E-state index contributed by atoms with van der Waals surface area (Å²) in [6.45, 7) is 4.77. The normalized spacial score (nSPS) is 14.7. The van der Waals surface area contributed by atoms with Crippen LogP contribution in [0.3, 0.4) is 0 Å². The average Bonchev–Trinajstić information content (AvgIpc) is 2.59. The van der Waals surface area contributed by atoms with Crippen LogP contribution in [0.2, 0.25) is 0 Å². The zero-order valence-electron chi connectivity index (χ0n) is 12.9. The third kappa shape index (κ3) is 3.79. The quantitative estimate of drug-likeness (QED) is 0.876. The molecular weight excluding hydrogens is 358 g/mol. The minimum Gasteiger partial charge on any atom is -0.337 e. The van der Waals surface area contributed by atoms with E-state index in [0.717, 1.165) is 34.8 Å². The Kier molecular flexibility index (Phi) is 4.76. The van der Waals surface area contributed by atoms with Gasteiger partial charge >= 0.3 is 6.03 Å². The maximum absolute atomic E-state index is 12.4. The summed E-state index contributed by atoms with van der Waals surface area (Å²) in [6, 6.07) is 7.52. The molecule has 0 atom stereocenters. The molecule has 0 aliphatic carbocycles. The van der Waals surface area contributed by atoms with Crippen molar-refractivity contribution < 1.29 is 4.79 Å². The number of hydrogen-bond donors (Lipinski definition) is 1. The van der Waals surface area contributed by atoms with Crippen LogP contribution in [0.25, 0.3) is 0 Å².